The molecule has 0 saturated carbocycles. The predicted octanol–water partition coefficient (Wildman–Crippen LogP) is 4.89. The summed E-state index contributed by atoms with van der Waals surface area (Å²) in [6, 6.07) is 14.0. The molecule has 4 N–H and O–H groups in total. The fraction of sp³-hybridized carbons (Fsp3) is 0.136. The molecule has 0 fully saturated rings. The average Bonchev–Trinajstić information content (AvgIpc) is 3.08. The van der Waals surface area contributed by atoms with E-state index in [2.05, 4.69) is 31.9 Å². The van der Waals surface area contributed by atoms with Crippen molar-refractivity contribution < 1.29 is 29.3 Å². The van der Waals surface area contributed by atoms with Crippen LogP contribution in [0.1, 0.15) is 27.7 Å². The van der Waals surface area contributed by atoms with Gasteiger partial charge in [-0.25, -0.2) is 9.59 Å². The van der Waals surface area contributed by atoms with Crippen LogP contribution in [0.3, 0.4) is 0 Å². The molecule has 0 aliphatic carbocycles. The molecule has 2 aromatic carbocycles. The highest BCUT2D eigenvalue weighted by atomic mass is 79.9. The molecule has 3 rings (SSSR count). The Morgan fingerprint density at radius 1 is 1.06 bits per heavy atom. The van der Waals surface area contributed by atoms with E-state index in [0.717, 1.165) is 15.8 Å². The van der Waals surface area contributed by atoms with Crippen LogP contribution in [0.15, 0.2) is 57.5 Å². The fourth-order valence-electron chi connectivity index (χ4n) is 3.18. The normalized spacial score (nSPS) is 12.8. The maximum atomic E-state index is 12.7. The van der Waals surface area contributed by atoms with E-state index in [4.69, 9.17) is 15.6 Å². The van der Waals surface area contributed by atoms with Crippen LogP contribution in [0, 0.1) is 0 Å². The van der Waals surface area contributed by atoms with E-state index in [1.165, 1.54) is 6.92 Å². The number of carbonyl (C=O) groups excluding carboxylic acids is 1. The maximum absolute atomic E-state index is 12.7. The summed E-state index contributed by atoms with van der Waals surface area (Å²) in [5, 5.41) is 18.4. The van der Waals surface area contributed by atoms with Gasteiger partial charge < -0.3 is 20.7 Å². The quantitative estimate of drug-likeness (QED) is 0.345. The first-order valence-electron chi connectivity index (χ1n) is 9.12. The largest absolute Gasteiger partial charge is 0.479 e. The van der Waals surface area contributed by atoms with E-state index in [-0.39, 0.29) is 16.4 Å². The highest BCUT2D eigenvalue weighted by Crippen LogP contribution is 2.46. The fourth-order valence-corrected chi connectivity index (χ4v) is 5.33. The van der Waals surface area contributed by atoms with Gasteiger partial charge in [0.15, 0.2) is 23.0 Å². The lowest BCUT2D eigenvalue weighted by atomic mass is 9.80. The number of hydrogen-bond donors (Lipinski definition) is 3. The first-order valence-corrected chi connectivity index (χ1v) is 11.5. The highest BCUT2D eigenvalue weighted by molar-refractivity contribution is 9.11. The zero-order chi connectivity index (χ0) is 23.6. The Balaban J connectivity index is 2.13. The third kappa shape index (κ3) is 4.63. The first kappa shape index (κ1) is 24.1. The zero-order valence-corrected chi connectivity index (χ0v) is 20.6. The van der Waals surface area contributed by atoms with Crippen LogP contribution in [0.2, 0.25) is 0 Å². The van der Waals surface area contributed by atoms with Gasteiger partial charge in [0.05, 0.1) is 9.35 Å². The van der Waals surface area contributed by atoms with Crippen molar-refractivity contribution in [3.63, 3.8) is 0 Å². The van der Waals surface area contributed by atoms with Gasteiger partial charge in [0.25, 0.3) is 0 Å². The summed E-state index contributed by atoms with van der Waals surface area (Å²) in [6.07, 6.45) is 0. The number of benzene rings is 2. The second-order valence-electron chi connectivity index (χ2n) is 6.84. The number of ether oxygens (including phenoxy) is 1. The molecule has 0 saturated heterocycles. The Hall–Kier alpha value is -2.53. The van der Waals surface area contributed by atoms with Crippen molar-refractivity contribution in [3.05, 3.63) is 73.5 Å². The monoisotopic (exact) mass is 581 g/mol. The molecule has 166 valence electrons. The van der Waals surface area contributed by atoms with E-state index in [0.29, 0.717) is 26.0 Å². The molecule has 10 heteroatoms. The van der Waals surface area contributed by atoms with Crippen molar-refractivity contribution in [2.75, 3.05) is 6.61 Å². The standard InChI is InChI=1S/C22H17Br2NO6S/c1-11(26)22(25,13-5-7-15(23)8-6-13)14-4-2-3-12(9-14)19-17(24)18(31-10-16(27)28)20(32-19)21(29)30/h2-9H,10,25H2,1H3,(H,27,28)(H,29,30). The number of thiophene rings is 1. The molecule has 3 aromatic rings. The Kier molecular flexibility index (Phi) is 7.19. The summed E-state index contributed by atoms with van der Waals surface area (Å²) < 4.78 is 6.37. The smallest absolute Gasteiger partial charge is 0.349 e. The zero-order valence-electron chi connectivity index (χ0n) is 16.6. The van der Waals surface area contributed by atoms with Crippen molar-refractivity contribution in [1.29, 1.82) is 0 Å². The van der Waals surface area contributed by atoms with Crippen molar-refractivity contribution in [2.45, 2.75) is 12.5 Å². The van der Waals surface area contributed by atoms with E-state index >= 15 is 0 Å². The predicted molar refractivity (Wildman–Crippen MR) is 127 cm³/mol. The Bertz CT molecular complexity index is 1210. The summed E-state index contributed by atoms with van der Waals surface area (Å²) in [7, 11) is 0. The van der Waals surface area contributed by atoms with E-state index in [1.54, 1.807) is 48.5 Å². The van der Waals surface area contributed by atoms with Crippen LogP contribution in [0.25, 0.3) is 10.4 Å². The second-order valence-corrected chi connectivity index (χ2v) is 9.57. The van der Waals surface area contributed by atoms with Crippen LogP contribution in [0.5, 0.6) is 5.75 Å². The van der Waals surface area contributed by atoms with Gasteiger partial charge in [-0.2, -0.15) is 0 Å². The van der Waals surface area contributed by atoms with E-state index in [1.807, 2.05) is 0 Å². The molecule has 7 nitrogen and oxygen atoms in total. The van der Waals surface area contributed by atoms with Crippen molar-refractivity contribution >= 4 is 60.9 Å². The summed E-state index contributed by atoms with van der Waals surface area (Å²) in [5.41, 5.74) is 6.93. The minimum atomic E-state index is -1.42. The Morgan fingerprint density at radius 3 is 2.28 bits per heavy atom. The summed E-state index contributed by atoms with van der Waals surface area (Å²) in [5.74, 6) is -2.81. The summed E-state index contributed by atoms with van der Waals surface area (Å²) in [4.78, 5) is 35.6. The lowest BCUT2D eigenvalue weighted by Gasteiger charge is -2.28. The van der Waals surface area contributed by atoms with Gasteiger partial charge in [-0.15, -0.1) is 11.3 Å². The lowest BCUT2D eigenvalue weighted by Crippen LogP contribution is -2.44. The van der Waals surface area contributed by atoms with Gasteiger partial charge in [-0.1, -0.05) is 46.3 Å². The minimum Gasteiger partial charge on any atom is -0.479 e. The molecule has 1 atom stereocenters. The molecular weight excluding hydrogens is 566 g/mol. The molecule has 1 aromatic heterocycles. The molecule has 32 heavy (non-hydrogen) atoms. The number of aromatic carboxylic acids is 1. The summed E-state index contributed by atoms with van der Waals surface area (Å²) >= 11 is 7.64. The molecule has 1 unspecified atom stereocenters. The molecule has 0 aliphatic rings. The van der Waals surface area contributed by atoms with Gasteiger partial charge in [-0.05, 0) is 57.7 Å². The van der Waals surface area contributed by atoms with Crippen LogP contribution in [0.4, 0.5) is 0 Å². The van der Waals surface area contributed by atoms with E-state index in [9.17, 15) is 19.5 Å². The van der Waals surface area contributed by atoms with Gasteiger partial charge in [0, 0.05) is 4.47 Å². The van der Waals surface area contributed by atoms with Gasteiger partial charge in [-0.3, -0.25) is 4.79 Å². The molecular formula is C22H17Br2NO6S. The number of hydrogen-bond acceptors (Lipinski definition) is 6. The number of carboxylic acid groups (broad SMARTS) is 2. The Labute approximate surface area is 204 Å². The molecule has 0 spiro atoms. The number of halogens is 2. The number of aliphatic carboxylic acids is 1. The van der Waals surface area contributed by atoms with Gasteiger partial charge in [0.1, 0.15) is 5.54 Å². The molecule has 0 bridgehead atoms. The molecule has 0 radical (unpaired) electrons. The second kappa shape index (κ2) is 9.53. The van der Waals surface area contributed by atoms with Gasteiger partial charge in [0.2, 0.25) is 0 Å². The van der Waals surface area contributed by atoms with Crippen molar-refractivity contribution in [2.24, 2.45) is 5.73 Å². The minimum absolute atomic E-state index is 0.0659. The molecule has 0 amide bonds. The first-order chi connectivity index (χ1) is 15.1. The van der Waals surface area contributed by atoms with Crippen molar-refractivity contribution in [1.82, 2.24) is 0 Å². The van der Waals surface area contributed by atoms with Crippen LogP contribution < -0.4 is 10.5 Å². The number of carbonyl (C=O) groups is 3. The highest BCUT2D eigenvalue weighted by Gasteiger charge is 2.35. The summed E-state index contributed by atoms with van der Waals surface area (Å²) in [6.45, 7) is 0.727. The number of rotatable bonds is 8. The third-order valence-corrected chi connectivity index (χ3v) is 7.53. The van der Waals surface area contributed by atoms with Crippen LogP contribution in [-0.4, -0.2) is 34.5 Å². The topological polar surface area (TPSA) is 127 Å². The maximum Gasteiger partial charge on any atom is 0.349 e. The number of Topliss-reactive ketones (excluding diaryl/α,β-unsaturated/α-hetero) is 1. The Morgan fingerprint density at radius 2 is 1.72 bits per heavy atom. The molecule has 0 aliphatic heterocycles. The number of nitrogens with two attached hydrogens (primary N) is 1. The average molecular weight is 583 g/mol. The number of ketones is 1. The van der Waals surface area contributed by atoms with E-state index < -0.39 is 24.1 Å². The van der Waals surface area contributed by atoms with Crippen LogP contribution in [-0.2, 0) is 15.1 Å². The lowest BCUT2D eigenvalue weighted by molar-refractivity contribution is -0.139. The van der Waals surface area contributed by atoms with Gasteiger partial charge >= 0.3 is 11.9 Å². The van der Waals surface area contributed by atoms with Crippen molar-refractivity contribution in [3.8, 4) is 16.2 Å². The number of carboxylic acids is 2. The SMILES string of the molecule is CC(=O)C(N)(c1ccc(Br)cc1)c1cccc(-c2sc(C(=O)O)c(OCC(=O)O)c2Br)c1. The third-order valence-electron chi connectivity index (χ3n) is 4.78. The van der Waals surface area contributed by atoms with Crippen LogP contribution >= 0.6 is 43.2 Å². The molecule has 1 heterocycles.